The Morgan fingerprint density at radius 1 is 1.14 bits per heavy atom. The van der Waals surface area contributed by atoms with E-state index < -0.39 is 0 Å². The highest BCUT2D eigenvalue weighted by Crippen LogP contribution is 2.16. The SMILES string of the molecule is O=C(CCC(=O)c1cccs1)NC1CCN(CCOc2ccc(Cl)cc2)CC1. The van der Waals surface area contributed by atoms with Gasteiger partial charge in [0.25, 0.3) is 0 Å². The molecular formula is C21H25ClN2O3S. The second kappa shape index (κ2) is 10.6. The molecule has 1 fully saturated rings. The molecule has 0 saturated carbocycles. The first kappa shape index (κ1) is 20.8. The number of piperidine rings is 1. The highest BCUT2D eigenvalue weighted by Gasteiger charge is 2.21. The summed E-state index contributed by atoms with van der Waals surface area (Å²) in [5.41, 5.74) is 0. The van der Waals surface area contributed by atoms with Crippen molar-refractivity contribution in [2.45, 2.75) is 31.7 Å². The normalized spacial score (nSPS) is 15.3. The molecule has 1 amide bonds. The van der Waals surface area contributed by atoms with E-state index in [-0.39, 0.29) is 30.6 Å². The van der Waals surface area contributed by atoms with Crippen molar-refractivity contribution in [2.24, 2.45) is 0 Å². The summed E-state index contributed by atoms with van der Waals surface area (Å²) >= 11 is 7.29. The summed E-state index contributed by atoms with van der Waals surface area (Å²) in [7, 11) is 0. The molecule has 1 N–H and O–H groups in total. The van der Waals surface area contributed by atoms with Crippen LogP contribution < -0.4 is 10.1 Å². The Balaban J connectivity index is 1.28. The van der Waals surface area contributed by atoms with E-state index >= 15 is 0 Å². The number of halogens is 1. The van der Waals surface area contributed by atoms with Gasteiger partial charge in [0.15, 0.2) is 5.78 Å². The maximum absolute atomic E-state index is 12.1. The summed E-state index contributed by atoms with van der Waals surface area (Å²) in [4.78, 5) is 27.2. The van der Waals surface area contributed by atoms with E-state index in [0.29, 0.717) is 11.6 Å². The fraction of sp³-hybridized carbons (Fsp3) is 0.429. The average molecular weight is 421 g/mol. The average Bonchev–Trinajstić information content (AvgIpc) is 3.24. The third kappa shape index (κ3) is 6.62. The number of ether oxygens (including phenoxy) is 1. The van der Waals surface area contributed by atoms with E-state index in [1.165, 1.54) is 11.3 Å². The van der Waals surface area contributed by atoms with Crippen molar-refractivity contribution >= 4 is 34.6 Å². The first-order chi connectivity index (χ1) is 13.6. The maximum atomic E-state index is 12.1. The molecule has 1 aliphatic heterocycles. The van der Waals surface area contributed by atoms with Crippen molar-refractivity contribution in [1.29, 1.82) is 0 Å². The number of nitrogens with zero attached hydrogens (tertiary/aromatic N) is 1. The standard InChI is InChI=1S/C21H25ClN2O3S/c22-16-3-5-18(6-4-16)27-14-13-24-11-9-17(10-12-24)23-21(26)8-7-19(25)20-2-1-15-28-20/h1-6,15,17H,7-14H2,(H,23,26). The largest absolute Gasteiger partial charge is 0.492 e. The predicted molar refractivity (Wildman–Crippen MR) is 112 cm³/mol. The predicted octanol–water partition coefficient (Wildman–Crippen LogP) is 4.02. The van der Waals surface area contributed by atoms with E-state index in [4.69, 9.17) is 16.3 Å². The highest BCUT2D eigenvalue weighted by molar-refractivity contribution is 7.12. The van der Waals surface area contributed by atoms with Crippen LogP contribution in [0.4, 0.5) is 0 Å². The third-order valence-corrected chi connectivity index (χ3v) is 5.98. The van der Waals surface area contributed by atoms with Crippen LogP contribution in [-0.2, 0) is 4.79 Å². The van der Waals surface area contributed by atoms with Crippen LogP contribution in [0.5, 0.6) is 5.75 Å². The Morgan fingerprint density at radius 3 is 2.57 bits per heavy atom. The minimum absolute atomic E-state index is 0.0329. The first-order valence-corrected chi connectivity index (χ1v) is 10.8. The van der Waals surface area contributed by atoms with Crippen molar-refractivity contribution < 1.29 is 14.3 Å². The second-order valence-corrected chi connectivity index (χ2v) is 8.27. The quantitative estimate of drug-likeness (QED) is 0.622. The van der Waals surface area contributed by atoms with Gasteiger partial charge in [-0.25, -0.2) is 0 Å². The summed E-state index contributed by atoms with van der Waals surface area (Å²) < 4.78 is 5.74. The van der Waals surface area contributed by atoms with Gasteiger partial charge in [-0.3, -0.25) is 14.5 Å². The molecule has 0 atom stereocenters. The Kier molecular flexibility index (Phi) is 7.89. The molecule has 1 aromatic heterocycles. The molecular weight excluding hydrogens is 396 g/mol. The van der Waals surface area contributed by atoms with Crippen LogP contribution in [0.15, 0.2) is 41.8 Å². The first-order valence-electron chi connectivity index (χ1n) is 9.57. The van der Waals surface area contributed by atoms with Crippen LogP contribution in [0, 0.1) is 0 Å². The van der Waals surface area contributed by atoms with Gasteiger partial charge in [0, 0.05) is 43.5 Å². The summed E-state index contributed by atoms with van der Waals surface area (Å²) in [6, 6.07) is 11.2. The van der Waals surface area contributed by atoms with Gasteiger partial charge in [-0.1, -0.05) is 17.7 Å². The van der Waals surface area contributed by atoms with Gasteiger partial charge in [-0.2, -0.15) is 0 Å². The van der Waals surface area contributed by atoms with Gasteiger partial charge in [-0.15, -0.1) is 11.3 Å². The van der Waals surface area contributed by atoms with E-state index in [1.54, 1.807) is 6.07 Å². The molecule has 0 aliphatic carbocycles. The van der Waals surface area contributed by atoms with Crippen molar-refractivity contribution in [3.8, 4) is 5.75 Å². The lowest BCUT2D eigenvalue weighted by Crippen LogP contribution is -2.45. The molecule has 0 unspecified atom stereocenters. The summed E-state index contributed by atoms with van der Waals surface area (Å²) in [6.07, 6.45) is 2.37. The summed E-state index contributed by atoms with van der Waals surface area (Å²) in [5, 5.41) is 5.65. The van der Waals surface area contributed by atoms with Crippen LogP contribution >= 0.6 is 22.9 Å². The lowest BCUT2D eigenvalue weighted by Gasteiger charge is -2.32. The molecule has 2 aromatic rings. The minimum Gasteiger partial charge on any atom is -0.492 e. The van der Waals surface area contributed by atoms with Crippen LogP contribution in [0.25, 0.3) is 0 Å². The number of benzene rings is 1. The third-order valence-electron chi connectivity index (χ3n) is 4.82. The van der Waals surface area contributed by atoms with E-state index in [1.807, 2.05) is 35.7 Å². The number of thiophene rings is 1. The molecule has 7 heteroatoms. The van der Waals surface area contributed by atoms with Crippen LogP contribution in [0.2, 0.25) is 5.02 Å². The number of Topliss-reactive ketones (excluding diaryl/α,β-unsaturated/α-hetero) is 1. The Labute approximate surface area is 174 Å². The van der Waals surface area contributed by atoms with Crippen LogP contribution in [0.1, 0.15) is 35.4 Å². The smallest absolute Gasteiger partial charge is 0.220 e. The molecule has 2 heterocycles. The van der Waals surface area contributed by atoms with Gasteiger partial charge >= 0.3 is 0 Å². The second-order valence-electron chi connectivity index (χ2n) is 6.89. The monoisotopic (exact) mass is 420 g/mol. The molecule has 0 spiro atoms. The topological polar surface area (TPSA) is 58.6 Å². The molecule has 28 heavy (non-hydrogen) atoms. The zero-order valence-corrected chi connectivity index (χ0v) is 17.3. The lowest BCUT2D eigenvalue weighted by molar-refractivity contribution is -0.122. The summed E-state index contributed by atoms with van der Waals surface area (Å²) in [6.45, 7) is 3.36. The van der Waals surface area contributed by atoms with Crippen LogP contribution in [0.3, 0.4) is 0 Å². The van der Waals surface area contributed by atoms with E-state index in [0.717, 1.165) is 43.1 Å². The van der Waals surface area contributed by atoms with Gasteiger partial charge in [-0.05, 0) is 48.6 Å². The van der Waals surface area contributed by atoms with Gasteiger partial charge in [0.1, 0.15) is 12.4 Å². The molecule has 1 aromatic carbocycles. The van der Waals surface area contributed by atoms with Crippen molar-refractivity contribution in [3.63, 3.8) is 0 Å². The Morgan fingerprint density at radius 2 is 1.89 bits per heavy atom. The molecule has 3 rings (SSSR count). The van der Waals surface area contributed by atoms with E-state index in [9.17, 15) is 9.59 Å². The number of carbonyl (C=O) groups is 2. The zero-order chi connectivity index (χ0) is 19.8. The van der Waals surface area contributed by atoms with Gasteiger partial charge in [0.2, 0.25) is 5.91 Å². The maximum Gasteiger partial charge on any atom is 0.220 e. The highest BCUT2D eigenvalue weighted by atomic mass is 35.5. The van der Waals surface area contributed by atoms with Gasteiger partial charge in [0.05, 0.1) is 4.88 Å². The van der Waals surface area contributed by atoms with Crippen molar-refractivity contribution in [2.75, 3.05) is 26.2 Å². The fourth-order valence-corrected chi connectivity index (χ4v) is 4.03. The number of carbonyl (C=O) groups excluding carboxylic acids is 2. The van der Waals surface area contributed by atoms with Crippen molar-refractivity contribution in [3.05, 3.63) is 51.7 Å². The zero-order valence-electron chi connectivity index (χ0n) is 15.7. The molecule has 0 bridgehead atoms. The van der Waals surface area contributed by atoms with E-state index in [2.05, 4.69) is 10.2 Å². The Hall–Kier alpha value is -1.89. The number of amides is 1. The molecule has 1 aliphatic rings. The number of hydrogen-bond donors (Lipinski definition) is 1. The molecule has 1 saturated heterocycles. The number of likely N-dealkylation sites (tertiary alicyclic amines) is 1. The van der Waals surface area contributed by atoms with Crippen molar-refractivity contribution in [1.82, 2.24) is 10.2 Å². The Bertz CT molecular complexity index is 756. The number of ketones is 1. The molecule has 0 radical (unpaired) electrons. The number of hydrogen-bond acceptors (Lipinski definition) is 5. The number of rotatable bonds is 9. The fourth-order valence-electron chi connectivity index (χ4n) is 3.21. The summed E-state index contributed by atoms with van der Waals surface area (Å²) in [5.74, 6) is 0.832. The molecule has 150 valence electrons. The van der Waals surface area contributed by atoms with Crippen LogP contribution in [-0.4, -0.2) is 48.9 Å². The lowest BCUT2D eigenvalue weighted by atomic mass is 10.0. The van der Waals surface area contributed by atoms with Gasteiger partial charge < -0.3 is 10.1 Å². The number of nitrogens with one attached hydrogen (secondary N) is 1. The minimum atomic E-state index is -0.0329. The molecule has 5 nitrogen and oxygen atoms in total.